The van der Waals surface area contributed by atoms with Gasteiger partial charge in [0.1, 0.15) is 5.82 Å². The van der Waals surface area contributed by atoms with Crippen LogP contribution in [0.1, 0.15) is 54.1 Å². The summed E-state index contributed by atoms with van der Waals surface area (Å²) in [6.07, 6.45) is 3.05. The van der Waals surface area contributed by atoms with Gasteiger partial charge in [-0.2, -0.15) is 0 Å². The average Bonchev–Trinajstić information content (AvgIpc) is 2.77. The molecule has 1 unspecified atom stereocenters. The predicted molar refractivity (Wildman–Crippen MR) is 67.2 cm³/mol. The molecule has 0 saturated carbocycles. The number of esters is 1. The lowest BCUT2D eigenvalue weighted by Crippen LogP contribution is -2.25. The number of carbonyl (C=O) groups excluding carboxylic acids is 1. The summed E-state index contributed by atoms with van der Waals surface area (Å²) in [5.74, 6) is -1.22. The molecule has 1 aromatic rings. The molecule has 0 amide bonds. The van der Waals surface area contributed by atoms with Gasteiger partial charge in [0, 0.05) is 13.0 Å². The molecule has 0 aromatic carbocycles. The van der Waals surface area contributed by atoms with E-state index in [0.717, 1.165) is 25.2 Å². The van der Waals surface area contributed by atoms with Crippen molar-refractivity contribution < 1.29 is 19.4 Å². The molecule has 2 heterocycles. The first-order valence-electron chi connectivity index (χ1n) is 6.50. The monoisotopic (exact) mass is 266 g/mol. The van der Waals surface area contributed by atoms with Gasteiger partial charge in [-0.25, -0.2) is 9.78 Å². The summed E-state index contributed by atoms with van der Waals surface area (Å²) < 4.78 is 6.66. The van der Waals surface area contributed by atoms with Gasteiger partial charge in [0.2, 0.25) is 0 Å². The minimum Gasteiger partial charge on any atom is -0.476 e. The molecule has 1 aliphatic heterocycles. The third-order valence-electron chi connectivity index (χ3n) is 3.45. The molecule has 0 saturated heterocycles. The van der Waals surface area contributed by atoms with Crippen LogP contribution >= 0.6 is 0 Å². The van der Waals surface area contributed by atoms with E-state index in [4.69, 9.17) is 4.74 Å². The van der Waals surface area contributed by atoms with Gasteiger partial charge in [0.25, 0.3) is 0 Å². The zero-order chi connectivity index (χ0) is 14.0. The van der Waals surface area contributed by atoms with Crippen molar-refractivity contribution in [2.45, 2.75) is 45.1 Å². The van der Waals surface area contributed by atoms with Crippen molar-refractivity contribution in [2.75, 3.05) is 7.11 Å². The number of nitrogens with zero attached hydrogens (tertiary/aromatic N) is 2. The number of aromatic nitrogens is 2. The van der Waals surface area contributed by atoms with Gasteiger partial charge in [-0.1, -0.05) is 6.92 Å². The van der Waals surface area contributed by atoms with E-state index in [0.29, 0.717) is 18.5 Å². The van der Waals surface area contributed by atoms with Gasteiger partial charge in [-0.15, -0.1) is 0 Å². The molecule has 0 aliphatic carbocycles. The van der Waals surface area contributed by atoms with Gasteiger partial charge in [-0.05, 0) is 19.3 Å². The molecule has 6 heteroatoms. The third kappa shape index (κ3) is 2.34. The second-order valence-corrected chi connectivity index (χ2v) is 4.69. The maximum atomic E-state index is 11.8. The number of ether oxygens (including phenoxy) is 1. The molecular weight excluding hydrogens is 248 g/mol. The number of hydrogen-bond acceptors (Lipinski definition) is 4. The van der Waals surface area contributed by atoms with E-state index in [9.17, 15) is 14.7 Å². The molecule has 2 rings (SSSR count). The van der Waals surface area contributed by atoms with Crippen molar-refractivity contribution in [3.63, 3.8) is 0 Å². The second-order valence-electron chi connectivity index (χ2n) is 4.69. The maximum absolute atomic E-state index is 11.8. The SMILES string of the molecule is CCCc1nc(C(=O)O)c2n1CCCC2C(=O)OC. The highest BCUT2D eigenvalue weighted by Gasteiger charge is 2.35. The molecule has 19 heavy (non-hydrogen) atoms. The first kappa shape index (κ1) is 13.6. The van der Waals surface area contributed by atoms with E-state index < -0.39 is 11.9 Å². The average molecular weight is 266 g/mol. The Hall–Kier alpha value is -1.85. The van der Waals surface area contributed by atoms with Crippen LogP contribution in [-0.2, 0) is 22.5 Å². The number of aryl methyl sites for hydroxylation is 1. The Balaban J connectivity index is 2.53. The lowest BCUT2D eigenvalue weighted by atomic mass is 9.94. The Morgan fingerprint density at radius 1 is 1.53 bits per heavy atom. The van der Waals surface area contributed by atoms with Crippen LogP contribution in [0.2, 0.25) is 0 Å². The largest absolute Gasteiger partial charge is 0.476 e. The molecule has 1 aliphatic rings. The summed E-state index contributed by atoms with van der Waals surface area (Å²) in [6.45, 7) is 2.74. The number of aromatic carboxylic acids is 1. The summed E-state index contributed by atoms with van der Waals surface area (Å²) in [6, 6.07) is 0. The van der Waals surface area contributed by atoms with Crippen LogP contribution in [0.15, 0.2) is 0 Å². The topological polar surface area (TPSA) is 81.4 Å². The highest BCUT2D eigenvalue weighted by molar-refractivity contribution is 5.90. The van der Waals surface area contributed by atoms with Crippen molar-refractivity contribution in [3.8, 4) is 0 Å². The number of imidazole rings is 1. The van der Waals surface area contributed by atoms with Crippen LogP contribution in [0.5, 0.6) is 0 Å². The number of carbonyl (C=O) groups is 2. The van der Waals surface area contributed by atoms with Gasteiger partial charge in [0.15, 0.2) is 5.69 Å². The highest BCUT2D eigenvalue weighted by atomic mass is 16.5. The Morgan fingerprint density at radius 3 is 2.84 bits per heavy atom. The first-order valence-corrected chi connectivity index (χ1v) is 6.50. The number of carboxylic acid groups (broad SMARTS) is 1. The van der Waals surface area contributed by atoms with Gasteiger partial charge >= 0.3 is 11.9 Å². The Morgan fingerprint density at radius 2 is 2.26 bits per heavy atom. The number of hydrogen-bond donors (Lipinski definition) is 1. The van der Waals surface area contributed by atoms with Crippen molar-refractivity contribution in [1.29, 1.82) is 0 Å². The minimum atomic E-state index is -1.08. The van der Waals surface area contributed by atoms with E-state index in [-0.39, 0.29) is 11.7 Å². The minimum absolute atomic E-state index is 0.00134. The van der Waals surface area contributed by atoms with Gasteiger partial charge in [0.05, 0.1) is 18.7 Å². The number of methoxy groups -OCH3 is 1. The highest BCUT2D eigenvalue weighted by Crippen LogP contribution is 2.32. The molecule has 0 radical (unpaired) electrons. The van der Waals surface area contributed by atoms with Crippen molar-refractivity contribution in [2.24, 2.45) is 0 Å². The summed E-state index contributed by atoms with van der Waals surface area (Å²) >= 11 is 0. The molecule has 0 fully saturated rings. The zero-order valence-electron chi connectivity index (χ0n) is 11.2. The van der Waals surface area contributed by atoms with E-state index in [1.54, 1.807) is 0 Å². The molecule has 6 nitrogen and oxygen atoms in total. The Kier molecular flexibility index (Phi) is 3.87. The number of fused-ring (bicyclic) bond motifs is 1. The molecule has 0 bridgehead atoms. The molecule has 0 spiro atoms. The fourth-order valence-electron chi connectivity index (χ4n) is 2.65. The molecule has 1 aromatic heterocycles. The molecular formula is C13H18N2O4. The van der Waals surface area contributed by atoms with Crippen LogP contribution in [0.25, 0.3) is 0 Å². The quantitative estimate of drug-likeness (QED) is 0.837. The summed E-state index contributed by atoms with van der Waals surface area (Å²) in [7, 11) is 1.32. The Bertz CT molecular complexity index is 507. The first-order chi connectivity index (χ1) is 9.10. The third-order valence-corrected chi connectivity index (χ3v) is 3.45. The van der Waals surface area contributed by atoms with Crippen molar-refractivity contribution >= 4 is 11.9 Å². The van der Waals surface area contributed by atoms with E-state index in [1.807, 2.05) is 11.5 Å². The van der Waals surface area contributed by atoms with Gasteiger partial charge < -0.3 is 14.4 Å². The van der Waals surface area contributed by atoms with Crippen molar-refractivity contribution in [1.82, 2.24) is 9.55 Å². The van der Waals surface area contributed by atoms with Crippen LogP contribution < -0.4 is 0 Å². The van der Waals surface area contributed by atoms with Crippen molar-refractivity contribution in [3.05, 3.63) is 17.2 Å². The number of carboxylic acids is 1. The van der Waals surface area contributed by atoms with E-state index in [1.165, 1.54) is 7.11 Å². The van der Waals surface area contributed by atoms with Crippen LogP contribution in [-0.4, -0.2) is 33.7 Å². The molecule has 1 N–H and O–H groups in total. The fraction of sp³-hybridized carbons (Fsp3) is 0.615. The lowest BCUT2D eigenvalue weighted by molar-refractivity contribution is -0.143. The zero-order valence-corrected chi connectivity index (χ0v) is 11.2. The molecule has 104 valence electrons. The second kappa shape index (κ2) is 5.42. The lowest BCUT2D eigenvalue weighted by Gasteiger charge is -2.23. The predicted octanol–water partition coefficient (Wildman–Crippen LogP) is 1.58. The molecule has 1 atom stereocenters. The van der Waals surface area contributed by atoms with Crippen LogP contribution in [0.3, 0.4) is 0 Å². The fourth-order valence-corrected chi connectivity index (χ4v) is 2.65. The number of rotatable bonds is 4. The standard InChI is InChI=1S/C13H18N2O4/c1-3-5-9-14-10(12(16)17)11-8(13(18)19-2)6-4-7-15(9)11/h8H,3-7H2,1-2H3,(H,16,17). The summed E-state index contributed by atoms with van der Waals surface area (Å²) in [5.41, 5.74) is 0.507. The van der Waals surface area contributed by atoms with Gasteiger partial charge in [-0.3, -0.25) is 4.79 Å². The Labute approximate surface area is 111 Å². The van der Waals surface area contributed by atoms with E-state index in [2.05, 4.69) is 4.98 Å². The van der Waals surface area contributed by atoms with E-state index >= 15 is 0 Å². The normalized spacial score (nSPS) is 17.9. The maximum Gasteiger partial charge on any atom is 0.356 e. The smallest absolute Gasteiger partial charge is 0.356 e. The van der Waals surface area contributed by atoms with Crippen LogP contribution in [0, 0.1) is 0 Å². The summed E-state index contributed by atoms with van der Waals surface area (Å²) in [4.78, 5) is 27.3. The van der Waals surface area contributed by atoms with Crippen LogP contribution in [0.4, 0.5) is 0 Å². The summed E-state index contributed by atoms with van der Waals surface area (Å²) in [5, 5.41) is 9.27.